The van der Waals surface area contributed by atoms with E-state index >= 15 is 0 Å². The summed E-state index contributed by atoms with van der Waals surface area (Å²) in [6.07, 6.45) is 2.19. The summed E-state index contributed by atoms with van der Waals surface area (Å²) in [5.41, 5.74) is 6.07. The molecule has 26 heavy (non-hydrogen) atoms. The van der Waals surface area contributed by atoms with Crippen LogP contribution in [0, 0.1) is 0 Å². The number of aromatic nitrogens is 1. The Balaban J connectivity index is 2.01. The summed E-state index contributed by atoms with van der Waals surface area (Å²) in [4.78, 5) is 0. The van der Waals surface area contributed by atoms with Crippen molar-refractivity contribution in [2.45, 2.75) is 26.2 Å². The van der Waals surface area contributed by atoms with Crippen molar-refractivity contribution >= 4 is 10.9 Å². The van der Waals surface area contributed by atoms with E-state index in [0.29, 0.717) is 0 Å². The summed E-state index contributed by atoms with van der Waals surface area (Å²) in [7, 11) is 0. The van der Waals surface area contributed by atoms with Gasteiger partial charge in [0.25, 0.3) is 0 Å². The third-order valence-electron chi connectivity index (χ3n) is 4.88. The van der Waals surface area contributed by atoms with Gasteiger partial charge >= 0.3 is 0 Å². The molecule has 0 saturated carbocycles. The number of aromatic hydroxyl groups is 1. The first-order valence-corrected chi connectivity index (χ1v) is 8.94. The number of phenols is 1. The second-order valence-electron chi connectivity index (χ2n) is 7.78. The van der Waals surface area contributed by atoms with E-state index in [-0.39, 0.29) is 11.2 Å². The Kier molecular flexibility index (Phi) is 3.84. The molecule has 0 fully saturated rings. The molecule has 0 bridgehead atoms. The van der Waals surface area contributed by atoms with Crippen molar-refractivity contribution in [2.75, 3.05) is 0 Å². The van der Waals surface area contributed by atoms with Gasteiger partial charge in [0.2, 0.25) is 0 Å². The fraction of sp³-hybridized carbons (Fsp3) is 0.167. The summed E-state index contributed by atoms with van der Waals surface area (Å²) < 4.78 is 2.20. The minimum atomic E-state index is 0.1000. The molecule has 0 aliphatic rings. The number of hydrogen-bond donors (Lipinski definition) is 1. The standard InChI is InChI=1S/C24H23NO/c1-24(2,3)18-9-14-23-21(15-18)22(17-7-5-4-6-8-17)16-25(23)19-10-12-20(26)13-11-19/h4-16,26H,1-3H3. The van der Waals surface area contributed by atoms with Crippen LogP contribution < -0.4 is 0 Å². The zero-order valence-electron chi connectivity index (χ0n) is 15.4. The van der Waals surface area contributed by atoms with Crippen molar-refractivity contribution in [2.24, 2.45) is 0 Å². The van der Waals surface area contributed by atoms with Crippen LogP contribution in [0.25, 0.3) is 27.7 Å². The minimum Gasteiger partial charge on any atom is -0.508 e. The number of fused-ring (bicyclic) bond motifs is 1. The second kappa shape index (κ2) is 6.06. The van der Waals surface area contributed by atoms with E-state index in [2.05, 4.69) is 74.0 Å². The Morgan fingerprint density at radius 1 is 0.808 bits per heavy atom. The number of hydrogen-bond acceptors (Lipinski definition) is 1. The van der Waals surface area contributed by atoms with Gasteiger partial charge in [-0.2, -0.15) is 0 Å². The number of rotatable bonds is 2. The monoisotopic (exact) mass is 341 g/mol. The van der Waals surface area contributed by atoms with Crippen LogP contribution in [0.4, 0.5) is 0 Å². The molecule has 0 unspecified atom stereocenters. The molecule has 0 saturated heterocycles. The smallest absolute Gasteiger partial charge is 0.115 e. The van der Waals surface area contributed by atoms with Gasteiger partial charge in [0.15, 0.2) is 0 Å². The first kappa shape index (κ1) is 16.5. The molecular formula is C24H23NO. The molecule has 1 heterocycles. The molecule has 3 aromatic carbocycles. The van der Waals surface area contributed by atoms with Gasteiger partial charge in [-0.05, 0) is 52.9 Å². The Morgan fingerprint density at radius 3 is 2.15 bits per heavy atom. The van der Waals surface area contributed by atoms with Crippen molar-refractivity contribution in [1.29, 1.82) is 0 Å². The van der Waals surface area contributed by atoms with Crippen LogP contribution in [0.1, 0.15) is 26.3 Å². The van der Waals surface area contributed by atoms with E-state index in [0.717, 1.165) is 5.69 Å². The van der Waals surface area contributed by atoms with E-state index in [1.807, 2.05) is 18.2 Å². The third kappa shape index (κ3) is 2.88. The maximum Gasteiger partial charge on any atom is 0.115 e. The van der Waals surface area contributed by atoms with Gasteiger partial charge in [-0.3, -0.25) is 0 Å². The maximum atomic E-state index is 9.62. The molecular weight excluding hydrogens is 318 g/mol. The molecule has 0 atom stereocenters. The molecule has 0 amide bonds. The highest BCUT2D eigenvalue weighted by atomic mass is 16.3. The molecule has 0 spiro atoms. The summed E-state index contributed by atoms with van der Waals surface area (Å²) in [5.74, 6) is 0.281. The molecule has 0 radical (unpaired) electrons. The van der Waals surface area contributed by atoms with Crippen LogP contribution in [-0.2, 0) is 5.41 Å². The van der Waals surface area contributed by atoms with Crippen molar-refractivity contribution in [1.82, 2.24) is 4.57 Å². The van der Waals surface area contributed by atoms with Crippen molar-refractivity contribution in [3.63, 3.8) is 0 Å². The first-order chi connectivity index (χ1) is 12.4. The predicted octanol–water partition coefficient (Wildman–Crippen LogP) is 6.30. The second-order valence-corrected chi connectivity index (χ2v) is 7.78. The highest BCUT2D eigenvalue weighted by molar-refractivity contribution is 5.97. The van der Waals surface area contributed by atoms with Gasteiger partial charge in [0.1, 0.15) is 5.75 Å². The van der Waals surface area contributed by atoms with Gasteiger partial charge in [0.05, 0.1) is 5.52 Å². The largest absolute Gasteiger partial charge is 0.508 e. The Labute approximate surface area is 154 Å². The zero-order valence-corrected chi connectivity index (χ0v) is 15.4. The van der Waals surface area contributed by atoms with Crippen LogP contribution in [0.5, 0.6) is 5.75 Å². The van der Waals surface area contributed by atoms with Crippen molar-refractivity contribution in [3.05, 3.63) is 84.6 Å². The van der Waals surface area contributed by atoms with E-state index in [9.17, 15) is 5.11 Å². The Bertz CT molecular complexity index is 1050. The molecule has 1 aromatic heterocycles. The van der Waals surface area contributed by atoms with E-state index < -0.39 is 0 Å². The minimum absolute atomic E-state index is 0.1000. The molecule has 2 heteroatoms. The number of phenolic OH excluding ortho intramolecular Hbond substituents is 1. The van der Waals surface area contributed by atoms with Crippen LogP contribution in [0.15, 0.2) is 79.0 Å². The average Bonchev–Trinajstić information content (AvgIpc) is 3.01. The zero-order chi connectivity index (χ0) is 18.3. The molecule has 130 valence electrons. The SMILES string of the molecule is CC(C)(C)c1ccc2c(c1)c(-c1ccccc1)cn2-c1ccc(O)cc1. The lowest BCUT2D eigenvalue weighted by molar-refractivity contribution is 0.475. The third-order valence-corrected chi connectivity index (χ3v) is 4.88. The molecule has 4 aromatic rings. The van der Waals surface area contributed by atoms with E-state index in [4.69, 9.17) is 0 Å². The molecule has 2 nitrogen and oxygen atoms in total. The maximum absolute atomic E-state index is 9.62. The molecule has 1 N–H and O–H groups in total. The Morgan fingerprint density at radius 2 is 1.50 bits per heavy atom. The lowest BCUT2D eigenvalue weighted by Crippen LogP contribution is -2.10. The van der Waals surface area contributed by atoms with Crippen LogP contribution in [0.2, 0.25) is 0 Å². The van der Waals surface area contributed by atoms with Gasteiger partial charge in [0, 0.05) is 22.8 Å². The predicted molar refractivity (Wildman–Crippen MR) is 109 cm³/mol. The lowest BCUT2D eigenvalue weighted by Gasteiger charge is -2.19. The van der Waals surface area contributed by atoms with E-state index in [1.165, 1.54) is 27.6 Å². The fourth-order valence-corrected chi connectivity index (χ4v) is 3.37. The lowest BCUT2D eigenvalue weighted by atomic mass is 9.86. The van der Waals surface area contributed by atoms with E-state index in [1.54, 1.807) is 12.1 Å². The molecule has 0 aliphatic heterocycles. The highest BCUT2D eigenvalue weighted by Crippen LogP contribution is 2.35. The van der Waals surface area contributed by atoms with Crippen LogP contribution >= 0.6 is 0 Å². The molecule has 0 aliphatic carbocycles. The summed E-state index contributed by atoms with van der Waals surface area (Å²) in [6.45, 7) is 6.73. The van der Waals surface area contributed by atoms with Crippen molar-refractivity contribution in [3.8, 4) is 22.6 Å². The Hall–Kier alpha value is -3.00. The van der Waals surface area contributed by atoms with Gasteiger partial charge in [-0.25, -0.2) is 0 Å². The number of benzene rings is 3. The summed E-state index contributed by atoms with van der Waals surface area (Å²) in [6, 6.07) is 24.6. The summed E-state index contributed by atoms with van der Waals surface area (Å²) in [5, 5.41) is 10.9. The highest BCUT2D eigenvalue weighted by Gasteiger charge is 2.17. The topological polar surface area (TPSA) is 25.2 Å². The quantitative estimate of drug-likeness (QED) is 0.455. The van der Waals surface area contributed by atoms with Crippen molar-refractivity contribution < 1.29 is 5.11 Å². The molecule has 4 rings (SSSR count). The normalized spacial score (nSPS) is 11.8. The fourth-order valence-electron chi connectivity index (χ4n) is 3.37. The number of nitrogens with zero attached hydrogens (tertiary/aromatic N) is 1. The van der Waals surface area contributed by atoms with Crippen LogP contribution in [0.3, 0.4) is 0 Å². The first-order valence-electron chi connectivity index (χ1n) is 8.94. The van der Waals surface area contributed by atoms with Gasteiger partial charge < -0.3 is 9.67 Å². The summed E-state index contributed by atoms with van der Waals surface area (Å²) >= 11 is 0. The van der Waals surface area contributed by atoms with Crippen LogP contribution in [-0.4, -0.2) is 9.67 Å². The van der Waals surface area contributed by atoms with Gasteiger partial charge in [-0.1, -0.05) is 57.2 Å². The van der Waals surface area contributed by atoms with Gasteiger partial charge in [-0.15, -0.1) is 0 Å². The average molecular weight is 341 g/mol.